The maximum absolute atomic E-state index is 13.4. The number of halogens is 4. The summed E-state index contributed by atoms with van der Waals surface area (Å²) in [6, 6.07) is 2.22. The highest BCUT2D eigenvalue weighted by Crippen LogP contribution is 2.41. The zero-order valence-corrected chi connectivity index (χ0v) is 19.4. The average molecular weight is 507 g/mol. The summed E-state index contributed by atoms with van der Waals surface area (Å²) in [5, 5.41) is -0.112. The van der Waals surface area contributed by atoms with Crippen molar-refractivity contribution in [3.8, 4) is 5.75 Å². The molecule has 0 aliphatic carbocycles. The fourth-order valence-corrected chi connectivity index (χ4v) is 4.08. The molecule has 0 saturated carbocycles. The normalized spacial score (nSPS) is 14.5. The Kier molecular flexibility index (Phi) is 6.01. The van der Waals surface area contributed by atoms with Crippen molar-refractivity contribution >= 4 is 46.7 Å². The SMILES string of the molecule is COc1c(C)cnc(CN2C(=O)/C(=C\c3ccc(C(=O)C(F)(F)F)[nH]3)c3c(Cl)nc(N)nc32)c1C. The quantitative estimate of drug-likeness (QED) is 0.305. The predicted octanol–water partition coefficient (Wildman–Crippen LogP) is 3.89. The van der Waals surface area contributed by atoms with Gasteiger partial charge < -0.3 is 15.5 Å². The Labute approximate surface area is 201 Å². The van der Waals surface area contributed by atoms with Gasteiger partial charge in [0.1, 0.15) is 10.9 Å². The van der Waals surface area contributed by atoms with Gasteiger partial charge in [0, 0.05) is 23.0 Å². The number of hydrogen-bond donors (Lipinski definition) is 2. The van der Waals surface area contributed by atoms with Crippen LogP contribution >= 0.6 is 11.6 Å². The molecule has 0 atom stereocenters. The van der Waals surface area contributed by atoms with Gasteiger partial charge in [0.25, 0.3) is 11.7 Å². The summed E-state index contributed by atoms with van der Waals surface area (Å²) in [6.45, 7) is 3.62. The van der Waals surface area contributed by atoms with E-state index < -0.39 is 23.6 Å². The summed E-state index contributed by atoms with van der Waals surface area (Å²) in [6.07, 6.45) is -2.16. The van der Waals surface area contributed by atoms with E-state index >= 15 is 0 Å². The number of pyridine rings is 1. The third-order valence-corrected chi connectivity index (χ3v) is 5.71. The van der Waals surface area contributed by atoms with Crippen LogP contribution in [-0.4, -0.2) is 44.9 Å². The number of carbonyl (C=O) groups excluding carboxylic acids is 2. The first-order chi connectivity index (χ1) is 16.4. The minimum Gasteiger partial charge on any atom is -0.496 e. The summed E-state index contributed by atoms with van der Waals surface area (Å²) in [5.74, 6) is -2.02. The summed E-state index contributed by atoms with van der Waals surface area (Å²) in [4.78, 5) is 41.1. The van der Waals surface area contributed by atoms with E-state index in [1.54, 1.807) is 13.1 Å². The maximum atomic E-state index is 13.4. The van der Waals surface area contributed by atoms with E-state index in [0.717, 1.165) is 11.6 Å². The van der Waals surface area contributed by atoms with Crippen molar-refractivity contribution in [3.05, 3.63) is 57.3 Å². The molecule has 9 nitrogen and oxygen atoms in total. The smallest absolute Gasteiger partial charge is 0.456 e. The molecule has 1 aliphatic heterocycles. The van der Waals surface area contributed by atoms with E-state index in [4.69, 9.17) is 22.1 Å². The van der Waals surface area contributed by atoms with E-state index in [2.05, 4.69) is 19.9 Å². The van der Waals surface area contributed by atoms with Gasteiger partial charge in [0.15, 0.2) is 5.82 Å². The number of Topliss-reactive ketones (excluding diaryl/α,β-unsaturated/α-hetero) is 1. The molecule has 182 valence electrons. The van der Waals surface area contributed by atoms with Crippen LogP contribution in [0.15, 0.2) is 18.3 Å². The first-order valence-electron chi connectivity index (χ1n) is 10.1. The largest absolute Gasteiger partial charge is 0.496 e. The Morgan fingerprint density at radius 1 is 1.29 bits per heavy atom. The standard InChI is InChI=1S/C22H18ClF3N6O3/c1-9-7-28-14(10(2)16(9)35-3)8-32-19-15(18(23)30-21(27)31-19)12(20(32)34)6-11-4-5-13(29-11)17(33)22(24,25)26/h4-7,29H,8H2,1-3H3,(H2,27,30,31)/b12-6-. The lowest BCUT2D eigenvalue weighted by atomic mass is 10.1. The number of ether oxygens (including phenoxy) is 1. The summed E-state index contributed by atoms with van der Waals surface area (Å²) in [7, 11) is 1.53. The number of carbonyl (C=O) groups is 2. The Morgan fingerprint density at radius 2 is 2.00 bits per heavy atom. The van der Waals surface area contributed by atoms with Crippen molar-refractivity contribution in [3.63, 3.8) is 0 Å². The molecule has 1 aliphatic rings. The van der Waals surface area contributed by atoms with Gasteiger partial charge in [0.05, 0.1) is 36.2 Å². The lowest BCUT2D eigenvalue weighted by Crippen LogP contribution is -2.27. The van der Waals surface area contributed by atoms with Crippen LogP contribution in [0.3, 0.4) is 0 Å². The van der Waals surface area contributed by atoms with E-state index in [1.165, 1.54) is 24.2 Å². The number of methoxy groups -OCH3 is 1. The highest BCUT2D eigenvalue weighted by atomic mass is 35.5. The zero-order valence-electron chi connectivity index (χ0n) is 18.6. The van der Waals surface area contributed by atoms with Crippen LogP contribution < -0.4 is 15.4 Å². The fraction of sp³-hybridized carbons (Fsp3) is 0.227. The van der Waals surface area contributed by atoms with E-state index in [9.17, 15) is 22.8 Å². The molecule has 0 aromatic carbocycles. The highest BCUT2D eigenvalue weighted by molar-refractivity contribution is 6.41. The molecule has 35 heavy (non-hydrogen) atoms. The van der Waals surface area contributed by atoms with Crippen molar-refractivity contribution in [2.75, 3.05) is 17.7 Å². The van der Waals surface area contributed by atoms with Crippen molar-refractivity contribution in [2.24, 2.45) is 0 Å². The van der Waals surface area contributed by atoms with Gasteiger partial charge in [-0.1, -0.05) is 11.6 Å². The molecular formula is C22H18ClF3N6O3. The second kappa shape index (κ2) is 8.69. The van der Waals surface area contributed by atoms with Gasteiger partial charge in [-0.25, -0.2) is 4.98 Å². The number of aromatic nitrogens is 4. The Morgan fingerprint density at radius 3 is 2.66 bits per heavy atom. The fourth-order valence-electron chi connectivity index (χ4n) is 3.81. The number of rotatable bonds is 5. The first-order valence-corrected chi connectivity index (χ1v) is 10.5. The Balaban J connectivity index is 1.78. The van der Waals surface area contributed by atoms with Gasteiger partial charge in [-0.15, -0.1) is 0 Å². The van der Waals surface area contributed by atoms with Gasteiger partial charge in [0.2, 0.25) is 5.95 Å². The predicted molar refractivity (Wildman–Crippen MR) is 122 cm³/mol. The van der Waals surface area contributed by atoms with Crippen LogP contribution in [0.1, 0.15) is 38.6 Å². The number of anilines is 2. The van der Waals surface area contributed by atoms with Crippen LogP contribution in [0.4, 0.5) is 24.9 Å². The van der Waals surface area contributed by atoms with E-state index in [0.29, 0.717) is 17.0 Å². The summed E-state index contributed by atoms with van der Waals surface area (Å²) >= 11 is 6.29. The lowest BCUT2D eigenvalue weighted by Gasteiger charge is -2.19. The number of aryl methyl sites for hydroxylation is 1. The second-order valence-electron chi connectivity index (χ2n) is 7.72. The summed E-state index contributed by atoms with van der Waals surface area (Å²) < 4.78 is 43.7. The number of H-pyrrole nitrogens is 1. The molecule has 0 bridgehead atoms. The molecule has 3 aromatic heterocycles. The number of fused-ring (bicyclic) bond motifs is 1. The van der Waals surface area contributed by atoms with Gasteiger partial charge in [-0.05, 0) is 32.1 Å². The molecule has 4 rings (SSSR count). The van der Waals surface area contributed by atoms with Crippen molar-refractivity contribution in [1.29, 1.82) is 0 Å². The van der Waals surface area contributed by atoms with Gasteiger partial charge in [-0.3, -0.25) is 19.5 Å². The summed E-state index contributed by atoms with van der Waals surface area (Å²) in [5.41, 5.74) is 7.38. The molecule has 3 aromatic rings. The van der Waals surface area contributed by atoms with E-state index in [1.807, 2.05) is 6.92 Å². The van der Waals surface area contributed by atoms with Crippen molar-refractivity contribution < 1.29 is 27.5 Å². The van der Waals surface area contributed by atoms with Crippen LogP contribution in [-0.2, 0) is 11.3 Å². The van der Waals surface area contributed by atoms with Crippen LogP contribution in [0, 0.1) is 13.8 Å². The third-order valence-electron chi connectivity index (χ3n) is 5.43. The average Bonchev–Trinajstić information content (AvgIpc) is 3.33. The number of nitrogen functional groups attached to an aromatic ring is 1. The number of nitrogens with one attached hydrogen (secondary N) is 1. The molecule has 0 saturated heterocycles. The van der Waals surface area contributed by atoms with Crippen molar-refractivity contribution in [2.45, 2.75) is 26.6 Å². The van der Waals surface area contributed by atoms with Gasteiger partial charge in [-0.2, -0.15) is 18.2 Å². The molecule has 3 N–H and O–H groups in total. The number of aromatic amines is 1. The molecule has 0 radical (unpaired) electrons. The van der Waals surface area contributed by atoms with E-state index in [-0.39, 0.29) is 40.3 Å². The second-order valence-corrected chi connectivity index (χ2v) is 8.08. The molecule has 1 amide bonds. The number of amides is 1. The first kappa shape index (κ1) is 24.2. The topological polar surface area (TPSA) is 127 Å². The molecule has 0 unspecified atom stereocenters. The lowest BCUT2D eigenvalue weighted by molar-refractivity contribution is -0.113. The number of nitrogens with two attached hydrogens (primary N) is 1. The number of ketones is 1. The molecular weight excluding hydrogens is 489 g/mol. The Hall–Kier alpha value is -3.93. The number of nitrogens with zero attached hydrogens (tertiary/aromatic N) is 4. The monoisotopic (exact) mass is 506 g/mol. The van der Waals surface area contributed by atoms with Crippen molar-refractivity contribution in [1.82, 2.24) is 19.9 Å². The molecule has 0 fully saturated rings. The van der Waals surface area contributed by atoms with Gasteiger partial charge >= 0.3 is 6.18 Å². The highest BCUT2D eigenvalue weighted by Gasteiger charge is 2.41. The Bertz CT molecular complexity index is 1400. The molecule has 4 heterocycles. The maximum Gasteiger partial charge on any atom is 0.456 e. The van der Waals surface area contributed by atoms with Crippen LogP contribution in [0.5, 0.6) is 5.75 Å². The molecule has 13 heteroatoms. The zero-order chi connectivity index (χ0) is 25.7. The molecule has 0 spiro atoms. The minimum absolute atomic E-state index is 0.00888. The van der Waals surface area contributed by atoms with Crippen LogP contribution in [0.25, 0.3) is 11.6 Å². The third kappa shape index (κ3) is 4.32. The number of alkyl halides is 3. The minimum atomic E-state index is -5.05. The number of hydrogen-bond acceptors (Lipinski definition) is 7. The van der Waals surface area contributed by atoms with Crippen LogP contribution in [0.2, 0.25) is 5.15 Å².